The molecule has 1 fully saturated rings. The van der Waals surface area contributed by atoms with Crippen LogP contribution < -0.4 is 10.3 Å². The smallest absolute Gasteiger partial charge is 0.248 e. The van der Waals surface area contributed by atoms with E-state index < -0.39 is 0 Å². The molecule has 1 atom stereocenters. The second-order valence-electron chi connectivity index (χ2n) is 9.46. The Hall–Kier alpha value is -2.60. The average Bonchev–Trinajstić information content (AvgIpc) is 3.35. The second kappa shape index (κ2) is 8.26. The van der Waals surface area contributed by atoms with Crippen LogP contribution in [0, 0.1) is 5.41 Å². The van der Waals surface area contributed by atoms with Crippen molar-refractivity contribution in [3.63, 3.8) is 0 Å². The molecule has 1 aliphatic rings. The summed E-state index contributed by atoms with van der Waals surface area (Å²) >= 11 is 0. The number of likely N-dealkylation sites (tertiary alicyclic amines) is 1. The Balaban J connectivity index is 1.73. The quantitative estimate of drug-likeness (QED) is 0.635. The van der Waals surface area contributed by atoms with E-state index in [9.17, 15) is 4.79 Å². The van der Waals surface area contributed by atoms with Crippen LogP contribution in [0.25, 0.3) is 22.0 Å². The van der Waals surface area contributed by atoms with Gasteiger partial charge in [0.2, 0.25) is 11.4 Å². The maximum atomic E-state index is 11.8. The van der Waals surface area contributed by atoms with Gasteiger partial charge in [0.25, 0.3) is 0 Å². The van der Waals surface area contributed by atoms with Gasteiger partial charge in [-0.3, -0.25) is 9.69 Å². The van der Waals surface area contributed by atoms with Crippen LogP contribution in [0.2, 0.25) is 0 Å². The molecular weight excluding hydrogens is 376 g/mol. The van der Waals surface area contributed by atoms with Crippen molar-refractivity contribution in [2.75, 3.05) is 19.7 Å². The standard InChI is InChI=1S/C24H32N4O2/c1-17(27-12-5-6-13-27)28-21-8-7-18(19-9-11-25-22(29)16-19)15-20(21)23(26-28)30-14-10-24(2,3)4/h7-9,11,15-17H,5-6,10,12-14H2,1-4H3,(H,25,29). The number of fused-ring (bicyclic) bond motifs is 1. The molecule has 1 aliphatic heterocycles. The predicted molar refractivity (Wildman–Crippen MR) is 121 cm³/mol. The fourth-order valence-electron chi connectivity index (χ4n) is 4.03. The maximum absolute atomic E-state index is 11.8. The Morgan fingerprint density at radius 1 is 1.13 bits per heavy atom. The number of ether oxygens (including phenoxy) is 1. The van der Waals surface area contributed by atoms with E-state index in [-0.39, 0.29) is 17.1 Å². The molecule has 160 valence electrons. The highest BCUT2D eigenvalue weighted by Crippen LogP contribution is 2.33. The normalized spacial score (nSPS) is 16.3. The number of aromatic amines is 1. The highest BCUT2D eigenvalue weighted by atomic mass is 16.5. The minimum atomic E-state index is -0.104. The van der Waals surface area contributed by atoms with E-state index in [0.29, 0.717) is 12.5 Å². The van der Waals surface area contributed by atoms with Crippen molar-refractivity contribution in [3.05, 3.63) is 46.9 Å². The Kier molecular flexibility index (Phi) is 5.69. The minimum Gasteiger partial charge on any atom is -0.476 e. The molecule has 6 nitrogen and oxygen atoms in total. The molecule has 0 saturated carbocycles. The van der Waals surface area contributed by atoms with Crippen molar-refractivity contribution in [2.24, 2.45) is 5.41 Å². The lowest BCUT2D eigenvalue weighted by molar-refractivity contribution is 0.178. The molecule has 6 heteroatoms. The van der Waals surface area contributed by atoms with E-state index in [1.807, 2.05) is 6.07 Å². The molecule has 4 rings (SSSR count). The van der Waals surface area contributed by atoms with Crippen molar-refractivity contribution >= 4 is 10.9 Å². The van der Waals surface area contributed by atoms with Crippen LogP contribution in [0.4, 0.5) is 0 Å². The molecular formula is C24H32N4O2. The van der Waals surface area contributed by atoms with Crippen molar-refractivity contribution < 1.29 is 4.74 Å². The summed E-state index contributed by atoms with van der Waals surface area (Å²) in [6.07, 6.45) is 5.30. The summed E-state index contributed by atoms with van der Waals surface area (Å²) < 4.78 is 8.28. The number of hydrogen-bond donors (Lipinski definition) is 1. The molecule has 1 unspecified atom stereocenters. The number of nitrogens with zero attached hydrogens (tertiary/aromatic N) is 3. The molecule has 0 spiro atoms. The number of benzene rings is 1. The molecule has 2 aromatic heterocycles. The van der Waals surface area contributed by atoms with Gasteiger partial charge < -0.3 is 9.72 Å². The predicted octanol–water partition coefficient (Wildman–Crippen LogP) is 4.82. The second-order valence-corrected chi connectivity index (χ2v) is 9.46. The zero-order chi connectivity index (χ0) is 21.3. The zero-order valence-corrected chi connectivity index (χ0v) is 18.4. The number of aromatic nitrogens is 3. The first kappa shape index (κ1) is 20.7. The van der Waals surface area contributed by atoms with Crippen LogP contribution in [0.5, 0.6) is 5.88 Å². The largest absolute Gasteiger partial charge is 0.476 e. The lowest BCUT2D eigenvalue weighted by Gasteiger charge is -2.24. The topological polar surface area (TPSA) is 63.1 Å². The molecule has 0 radical (unpaired) electrons. The Labute approximate surface area is 177 Å². The Bertz CT molecular complexity index is 1070. The first-order valence-electron chi connectivity index (χ1n) is 10.9. The monoisotopic (exact) mass is 408 g/mol. The molecule has 1 N–H and O–H groups in total. The van der Waals surface area contributed by atoms with Gasteiger partial charge in [-0.2, -0.15) is 0 Å². The molecule has 0 amide bonds. The molecule has 0 aliphatic carbocycles. The molecule has 3 heterocycles. The van der Waals surface area contributed by atoms with E-state index >= 15 is 0 Å². The third kappa shape index (κ3) is 4.43. The van der Waals surface area contributed by atoms with E-state index in [1.54, 1.807) is 12.3 Å². The lowest BCUT2D eigenvalue weighted by atomic mass is 9.93. The van der Waals surface area contributed by atoms with E-state index in [0.717, 1.165) is 41.5 Å². The zero-order valence-electron chi connectivity index (χ0n) is 18.4. The number of rotatable bonds is 6. The van der Waals surface area contributed by atoms with Gasteiger partial charge in [-0.05, 0) is 60.9 Å². The summed E-state index contributed by atoms with van der Waals surface area (Å²) in [4.78, 5) is 16.9. The van der Waals surface area contributed by atoms with Crippen LogP contribution in [0.1, 0.15) is 53.1 Å². The van der Waals surface area contributed by atoms with Crippen LogP contribution in [0.15, 0.2) is 41.3 Å². The summed E-state index contributed by atoms with van der Waals surface area (Å²) in [5.74, 6) is 0.673. The average molecular weight is 409 g/mol. The van der Waals surface area contributed by atoms with Crippen molar-refractivity contribution in [1.82, 2.24) is 19.7 Å². The number of pyridine rings is 1. The van der Waals surface area contributed by atoms with Gasteiger partial charge >= 0.3 is 0 Å². The minimum absolute atomic E-state index is 0.104. The van der Waals surface area contributed by atoms with Crippen LogP contribution in [0.3, 0.4) is 0 Å². The van der Waals surface area contributed by atoms with E-state index in [1.165, 1.54) is 12.8 Å². The van der Waals surface area contributed by atoms with E-state index in [4.69, 9.17) is 9.84 Å². The number of nitrogens with one attached hydrogen (secondary N) is 1. The fourth-order valence-corrected chi connectivity index (χ4v) is 4.03. The molecule has 1 aromatic carbocycles. The van der Waals surface area contributed by atoms with Gasteiger partial charge in [-0.25, -0.2) is 4.68 Å². The summed E-state index contributed by atoms with van der Waals surface area (Å²) in [5, 5.41) is 5.88. The highest BCUT2D eigenvalue weighted by Gasteiger charge is 2.24. The van der Waals surface area contributed by atoms with Crippen LogP contribution in [-0.4, -0.2) is 39.4 Å². The van der Waals surface area contributed by atoms with Gasteiger partial charge in [0, 0.05) is 25.4 Å². The molecule has 3 aromatic rings. The first-order valence-corrected chi connectivity index (χ1v) is 10.9. The van der Waals surface area contributed by atoms with Crippen molar-refractivity contribution in [3.8, 4) is 17.0 Å². The van der Waals surface area contributed by atoms with Gasteiger partial charge in [0.15, 0.2) is 0 Å². The van der Waals surface area contributed by atoms with Crippen LogP contribution in [-0.2, 0) is 0 Å². The summed E-state index contributed by atoms with van der Waals surface area (Å²) in [6, 6.07) is 9.79. The Morgan fingerprint density at radius 3 is 2.57 bits per heavy atom. The Morgan fingerprint density at radius 2 is 1.87 bits per heavy atom. The van der Waals surface area contributed by atoms with Crippen LogP contribution >= 0.6 is 0 Å². The first-order chi connectivity index (χ1) is 14.3. The number of H-pyrrole nitrogens is 1. The van der Waals surface area contributed by atoms with Gasteiger partial charge in [0.1, 0.15) is 6.17 Å². The summed E-state index contributed by atoms with van der Waals surface area (Å²) in [6.45, 7) is 11.7. The third-order valence-corrected chi connectivity index (χ3v) is 5.89. The molecule has 30 heavy (non-hydrogen) atoms. The van der Waals surface area contributed by atoms with E-state index in [2.05, 4.69) is 60.5 Å². The highest BCUT2D eigenvalue weighted by molar-refractivity contribution is 5.89. The summed E-state index contributed by atoms with van der Waals surface area (Å²) in [5.41, 5.74) is 3.04. The van der Waals surface area contributed by atoms with Crippen molar-refractivity contribution in [2.45, 2.75) is 53.1 Å². The molecule has 0 bridgehead atoms. The van der Waals surface area contributed by atoms with Gasteiger partial charge in [0.05, 0.1) is 17.5 Å². The third-order valence-electron chi connectivity index (χ3n) is 5.89. The number of hydrogen-bond acceptors (Lipinski definition) is 4. The lowest BCUT2D eigenvalue weighted by Crippen LogP contribution is -2.28. The SMILES string of the molecule is CC(N1CCCC1)n1nc(OCCC(C)(C)C)c2cc(-c3cc[nH]c(=O)c3)ccc21. The van der Waals surface area contributed by atoms with Gasteiger partial charge in [-0.1, -0.05) is 26.8 Å². The molecule has 1 saturated heterocycles. The maximum Gasteiger partial charge on any atom is 0.248 e. The summed E-state index contributed by atoms with van der Waals surface area (Å²) in [7, 11) is 0. The van der Waals surface area contributed by atoms with Crippen molar-refractivity contribution in [1.29, 1.82) is 0 Å². The fraction of sp³-hybridized carbons (Fsp3) is 0.500. The van der Waals surface area contributed by atoms with Gasteiger partial charge in [-0.15, -0.1) is 5.10 Å².